The van der Waals surface area contributed by atoms with Gasteiger partial charge in [-0.1, -0.05) is 47.7 Å². The quantitative estimate of drug-likeness (QED) is 0.657. The van der Waals surface area contributed by atoms with E-state index in [1.807, 2.05) is 36.4 Å². The van der Waals surface area contributed by atoms with Gasteiger partial charge in [0.1, 0.15) is 11.4 Å². The number of carbonyl (C=O) groups excluding carboxylic acids is 2. The van der Waals surface area contributed by atoms with E-state index in [0.717, 1.165) is 5.56 Å². The predicted molar refractivity (Wildman–Crippen MR) is 112 cm³/mol. The molecule has 4 rings (SSSR count). The van der Waals surface area contributed by atoms with Crippen LogP contribution in [0, 0.1) is 0 Å². The number of anilines is 1. The number of fused-ring (bicyclic) bond motifs is 1. The van der Waals surface area contributed by atoms with Crippen LogP contribution in [0.15, 0.2) is 66.9 Å². The SMILES string of the molecule is CNC(=O)[C@@H]1CN(C(=O)/C=C/c2cn(Cc3ccccc3)nn2)c2ccccc2O1. The standard InChI is InChI=1S/C22H21N5O3/c1-23-22(29)20-15-27(18-9-5-6-10-19(18)30-20)21(28)12-11-17-14-26(25-24-17)13-16-7-3-2-4-8-16/h2-12,14,20H,13,15H2,1H3,(H,23,29)/b12-11+/t20-/m0/s1. The summed E-state index contributed by atoms with van der Waals surface area (Å²) in [5.74, 6) is -0.0553. The van der Waals surface area contributed by atoms with Gasteiger partial charge in [0.05, 0.1) is 25.0 Å². The van der Waals surface area contributed by atoms with Gasteiger partial charge in [-0.3, -0.25) is 9.59 Å². The van der Waals surface area contributed by atoms with E-state index in [9.17, 15) is 9.59 Å². The van der Waals surface area contributed by atoms with Crippen LogP contribution in [0.5, 0.6) is 5.75 Å². The molecule has 0 fully saturated rings. The van der Waals surface area contributed by atoms with Crippen LogP contribution < -0.4 is 15.0 Å². The third kappa shape index (κ3) is 4.22. The Labute approximate surface area is 173 Å². The maximum atomic E-state index is 12.9. The average molecular weight is 403 g/mol. The summed E-state index contributed by atoms with van der Waals surface area (Å²) in [4.78, 5) is 26.5. The van der Waals surface area contributed by atoms with Gasteiger partial charge in [0.25, 0.3) is 11.8 Å². The van der Waals surface area contributed by atoms with Gasteiger partial charge in [-0.15, -0.1) is 5.10 Å². The van der Waals surface area contributed by atoms with Crippen molar-refractivity contribution in [2.24, 2.45) is 0 Å². The van der Waals surface area contributed by atoms with E-state index in [1.165, 1.54) is 18.0 Å². The molecule has 0 aliphatic carbocycles. The van der Waals surface area contributed by atoms with Crippen LogP contribution in [0.3, 0.4) is 0 Å². The zero-order valence-electron chi connectivity index (χ0n) is 16.4. The van der Waals surface area contributed by atoms with Crippen LogP contribution in [0.25, 0.3) is 6.08 Å². The molecule has 2 aromatic carbocycles. The fraction of sp³-hybridized carbons (Fsp3) is 0.182. The van der Waals surface area contributed by atoms with E-state index in [0.29, 0.717) is 23.7 Å². The maximum Gasteiger partial charge on any atom is 0.262 e. The molecule has 30 heavy (non-hydrogen) atoms. The summed E-state index contributed by atoms with van der Waals surface area (Å²) in [6.07, 6.45) is 4.05. The minimum absolute atomic E-state index is 0.126. The van der Waals surface area contributed by atoms with Gasteiger partial charge in [-0.25, -0.2) is 4.68 Å². The molecule has 0 saturated carbocycles. The summed E-state index contributed by atoms with van der Waals surface area (Å²) in [7, 11) is 1.54. The Balaban J connectivity index is 1.49. The molecule has 0 unspecified atom stereocenters. The van der Waals surface area contributed by atoms with Gasteiger partial charge in [0, 0.05) is 13.1 Å². The largest absolute Gasteiger partial charge is 0.477 e. The molecule has 0 bridgehead atoms. The highest BCUT2D eigenvalue weighted by atomic mass is 16.5. The van der Waals surface area contributed by atoms with Gasteiger partial charge in [0.15, 0.2) is 6.10 Å². The summed E-state index contributed by atoms with van der Waals surface area (Å²) >= 11 is 0. The highest BCUT2D eigenvalue weighted by Crippen LogP contribution is 2.33. The van der Waals surface area contributed by atoms with E-state index in [1.54, 1.807) is 35.2 Å². The fourth-order valence-corrected chi connectivity index (χ4v) is 3.22. The van der Waals surface area contributed by atoms with Crippen LogP contribution >= 0.6 is 0 Å². The third-order valence-corrected chi connectivity index (χ3v) is 4.72. The number of carbonyl (C=O) groups is 2. The lowest BCUT2D eigenvalue weighted by molar-refractivity contribution is -0.127. The lowest BCUT2D eigenvalue weighted by Gasteiger charge is -2.33. The average Bonchev–Trinajstić information content (AvgIpc) is 3.24. The Bertz CT molecular complexity index is 1080. The first kappa shape index (κ1) is 19.4. The van der Waals surface area contributed by atoms with Crippen LogP contribution in [0.4, 0.5) is 5.69 Å². The van der Waals surface area contributed by atoms with Crippen molar-refractivity contribution in [1.29, 1.82) is 0 Å². The molecule has 0 saturated heterocycles. The molecule has 8 heteroatoms. The summed E-state index contributed by atoms with van der Waals surface area (Å²) in [6.45, 7) is 0.723. The third-order valence-electron chi connectivity index (χ3n) is 4.72. The first-order valence-corrected chi connectivity index (χ1v) is 9.55. The number of amides is 2. The molecule has 8 nitrogen and oxygen atoms in total. The van der Waals surface area contributed by atoms with Crippen molar-refractivity contribution < 1.29 is 14.3 Å². The number of hydrogen-bond donors (Lipinski definition) is 1. The van der Waals surface area contributed by atoms with Gasteiger partial charge < -0.3 is 15.0 Å². The Hall–Kier alpha value is -3.94. The molecule has 0 spiro atoms. The number of ether oxygens (including phenoxy) is 1. The zero-order chi connectivity index (χ0) is 20.9. The first-order valence-electron chi connectivity index (χ1n) is 9.55. The maximum absolute atomic E-state index is 12.9. The first-order chi connectivity index (χ1) is 14.6. The van der Waals surface area contributed by atoms with Gasteiger partial charge >= 0.3 is 0 Å². The van der Waals surface area contributed by atoms with Crippen molar-refractivity contribution in [2.45, 2.75) is 12.6 Å². The summed E-state index contributed by atoms with van der Waals surface area (Å²) in [6, 6.07) is 17.1. The number of rotatable bonds is 5. The minimum Gasteiger partial charge on any atom is -0.477 e. The van der Waals surface area contributed by atoms with Crippen molar-refractivity contribution in [3.8, 4) is 5.75 Å². The summed E-state index contributed by atoms with van der Waals surface area (Å²) < 4.78 is 7.45. The van der Waals surface area contributed by atoms with E-state index in [4.69, 9.17) is 4.74 Å². The molecule has 1 aliphatic heterocycles. The smallest absolute Gasteiger partial charge is 0.262 e. The monoisotopic (exact) mass is 403 g/mol. The minimum atomic E-state index is -0.769. The number of nitrogens with zero attached hydrogens (tertiary/aromatic N) is 4. The van der Waals surface area contributed by atoms with E-state index >= 15 is 0 Å². The normalized spacial score (nSPS) is 15.5. The predicted octanol–water partition coefficient (Wildman–Crippen LogP) is 1.88. The van der Waals surface area contributed by atoms with Crippen molar-refractivity contribution in [1.82, 2.24) is 20.3 Å². The van der Waals surface area contributed by atoms with Gasteiger partial charge in [-0.2, -0.15) is 0 Å². The van der Waals surface area contributed by atoms with Crippen molar-refractivity contribution in [3.05, 3.63) is 78.1 Å². The molecule has 1 atom stereocenters. The summed E-state index contributed by atoms with van der Waals surface area (Å²) in [5.41, 5.74) is 2.31. The van der Waals surface area contributed by atoms with Gasteiger partial charge in [-0.05, 0) is 23.8 Å². The van der Waals surface area contributed by atoms with Crippen molar-refractivity contribution in [2.75, 3.05) is 18.5 Å². The number of nitrogens with one attached hydrogen (secondary N) is 1. The van der Waals surface area contributed by atoms with Crippen molar-refractivity contribution in [3.63, 3.8) is 0 Å². The van der Waals surface area contributed by atoms with Crippen LogP contribution in [-0.4, -0.2) is 46.5 Å². The van der Waals surface area contributed by atoms with Crippen LogP contribution in [0.2, 0.25) is 0 Å². The fourth-order valence-electron chi connectivity index (χ4n) is 3.22. The molecule has 152 valence electrons. The molecule has 2 heterocycles. The Kier molecular flexibility index (Phi) is 5.56. The van der Waals surface area contributed by atoms with Crippen LogP contribution in [0.1, 0.15) is 11.3 Å². The van der Waals surface area contributed by atoms with E-state index < -0.39 is 6.10 Å². The van der Waals surface area contributed by atoms with Crippen molar-refractivity contribution >= 4 is 23.6 Å². The lowest BCUT2D eigenvalue weighted by atomic mass is 10.1. The van der Waals surface area contributed by atoms with Gasteiger partial charge in [0.2, 0.25) is 0 Å². The Morgan fingerprint density at radius 3 is 2.73 bits per heavy atom. The number of likely N-dealkylation sites (N-methyl/N-ethyl adjacent to an activating group) is 1. The molecule has 3 aromatic rings. The molecular formula is C22H21N5O3. The Morgan fingerprint density at radius 2 is 1.93 bits per heavy atom. The molecule has 1 aromatic heterocycles. The Morgan fingerprint density at radius 1 is 1.17 bits per heavy atom. The number of benzene rings is 2. The second-order valence-corrected chi connectivity index (χ2v) is 6.80. The van der Waals surface area contributed by atoms with E-state index in [-0.39, 0.29) is 18.4 Å². The highest BCUT2D eigenvalue weighted by molar-refractivity contribution is 6.05. The van der Waals surface area contributed by atoms with E-state index in [2.05, 4.69) is 15.6 Å². The second kappa shape index (κ2) is 8.60. The molecule has 0 radical (unpaired) electrons. The number of para-hydroxylation sites is 2. The highest BCUT2D eigenvalue weighted by Gasteiger charge is 2.32. The lowest BCUT2D eigenvalue weighted by Crippen LogP contribution is -2.49. The second-order valence-electron chi connectivity index (χ2n) is 6.80. The topological polar surface area (TPSA) is 89.4 Å². The number of aromatic nitrogens is 3. The molecule has 1 N–H and O–H groups in total. The van der Waals surface area contributed by atoms with Crippen LogP contribution in [-0.2, 0) is 16.1 Å². The molecular weight excluding hydrogens is 382 g/mol. The summed E-state index contributed by atoms with van der Waals surface area (Å²) in [5, 5.41) is 10.8. The number of hydrogen-bond acceptors (Lipinski definition) is 5. The molecule has 2 amide bonds. The zero-order valence-corrected chi connectivity index (χ0v) is 16.4. The molecule has 1 aliphatic rings.